The minimum Gasteiger partial charge on any atom is -0.496 e. The van der Waals surface area contributed by atoms with Crippen molar-refractivity contribution in [2.45, 2.75) is 47.0 Å². The van der Waals surface area contributed by atoms with E-state index in [-0.39, 0.29) is 11.5 Å². The Balaban J connectivity index is 2.38. The van der Waals surface area contributed by atoms with Gasteiger partial charge in [-0.1, -0.05) is 53.1 Å². The van der Waals surface area contributed by atoms with Crippen LogP contribution in [0.1, 0.15) is 62.0 Å². The van der Waals surface area contributed by atoms with Crippen molar-refractivity contribution in [3.8, 4) is 11.5 Å². The van der Waals surface area contributed by atoms with E-state index in [1.807, 2.05) is 12.1 Å². The summed E-state index contributed by atoms with van der Waals surface area (Å²) in [6.45, 7) is 7.56. The third-order valence-corrected chi connectivity index (χ3v) is 5.24. The first kappa shape index (κ1) is 26.1. The first-order valence-electron chi connectivity index (χ1n) is 10.9. The van der Waals surface area contributed by atoms with Crippen molar-refractivity contribution < 1.29 is 19.1 Å². The molecule has 174 valence electrons. The van der Waals surface area contributed by atoms with E-state index in [9.17, 15) is 9.59 Å². The maximum atomic E-state index is 13.0. The number of carbonyl (C=O) groups excluding carboxylic acids is 2. The standard InChI is InChI=1S/C28H31ClO4/c1-19(2)7-6-8-20(3)9-15-25-27(32-5)18-16-24(28(25)33-21(4)30)26(31)17-12-22-10-13-23(29)14-11-22/h7,9-14,16-18H,6,8,15H2,1-5H3. The van der Waals surface area contributed by atoms with Crippen LogP contribution >= 0.6 is 11.6 Å². The summed E-state index contributed by atoms with van der Waals surface area (Å²) in [6.07, 6.45) is 9.83. The summed E-state index contributed by atoms with van der Waals surface area (Å²) in [4.78, 5) is 24.9. The number of hydrogen-bond donors (Lipinski definition) is 0. The highest BCUT2D eigenvalue weighted by Crippen LogP contribution is 2.34. The normalized spacial score (nSPS) is 11.4. The second kappa shape index (κ2) is 12.8. The number of halogens is 1. The van der Waals surface area contributed by atoms with Gasteiger partial charge in [-0.25, -0.2) is 0 Å². The predicted molar refractivity (Wildman–Crippen MR) is 135 cm³/mol. The van der Waals surface area contributed by atoms with Crippen molar-refractivity contribution in [3.63, 3.8) is 0 Å². The molecule has 0 atom stereocenters. The van der Waals surface area contributed by atoms with E-state index in [1.54, 1.807) is 37.5 Å². The molecular formula is C28H31ClO4. The number of ether oxygens (including phenoxy) is 2. The smallest absolute Gasteiger partial charge is 0.308 e. The van der Waals surface area contributed by atoms with Gasteiger partial charge in [0.25, 0.3) is 0 Å². The molecule has 0 aromatic heterocycles. The fourth-order valence-corrected chi connectivity index (χ4v) is 3.38. The van der Waals surface area contributed by atoms with Crippen LogP contribution < -0.4 is 9.47 Å². The number of benzene rings is 2. The Morgan fingerprint density at radius 2 is 1.67 bits per heavy atom. The van der Waals surface area contributed by atoms with Crippen molar-refractivity contribution in [1.29, 1.82) is 0 Å². The van der Waals surface area contributed by atoms with Crippen LogP contribution in [0.5, 0.6) is 11.5 Å². The van der Waals surface area contributed by atoms with Crippen molar-refractivity contribution in [2.24, 2.45) is 0 Å². The Labute approximate surface area is 201 Å². The zero-order chi connectivity index (χ0) is 24.4. The molecule has 0 unspecified atom stereocenters. The van der Waals surface area contributed by atoms with Crippen molar-refractivity contribution in [3.05, 3.63) is 87.5 Å². The molecule has 4 nitrogen and oxygen atoms in total. The molecule has 0 aliphatic heterocycles. The van der Waals surface area contributed by atoms with E-state index in [0.29, 0.717) is 28.3 Å². The number of allylic oxidation sites excluding steroid dienone is 5. The molecule has 0 bridgehead atoms. The summed E-state index contributed by atoms with van der Waals surface area (Å²) >= 11 is 5.92. The SMILES string of the molecule is COc1ccc(C(=O)C=Cc2ccc(Cl)cc2)c(OC(C)=O)c1CC=C(C)CCC=C(C)C. The fraction of sp³-hybridized carbons (Fsp3) is 0.286. The fourth-order valence-electron chi connectivity index (χ4n) is 3.25. The van der Waals surface area contributed by atoms with Gasteiger partial charge in [0.2, 0.25) is 0 Å². The Hall–Kier alpha value is -3.11. The summed E-state index contributed by atoms with van der Waals surface area (Å²) in [5.74, 6) is 0.0395. The zero-order valence-electron chi connectivity index (χ0n) is 19.9. The highest BCUT2D eigenvalue weighted by molar-refractivity contribution is 6.30. The van der Waals surface area contributed by atoms with E-state index in [0.717, 1.165) is 18.4 Å². The van der Waals surface area contributed by atoms with Crippen LogP contribution in [-0.2, 0) is 11.2 Å². The summed E-state index contributed by atoms with van der Waals surface area (Å²) in [5, 5.41) is 0.625. The van der Waals surface area contributed by atoms with E-state index < -0.39 is 5.97 Å². The molecule has 0 spiro atoms. The molecule has 0 radical (unpaired) electrons. The van der Waals surface area contributed by atoms with Crippen LogP contribution in [0.2, 0.25) is 5.02 Å². The Kier molecular flexibility index (Phi) is 10.1. The van der Waals surface area contributed by atoms with Gasteiger partial charge in [-0.15, -0.1) is 0 Å². The molecule has 33 heavy (non-hydrogen) atoms. The number of methoxy groups -OCH3 is 1. The van der Waals surface area contributed by atoms with Crippen molar-refractivity contribution >= 4 is 29.4 Å². The summed E-state index contributed by atoms with van der Waals surface area (Å²) < 4.78 is 11.0. The Morgan fingerprint density at radius 1 is 0.970 bits per heavy atom. The van der Waals surface area contributed by atoms with E-state index in [2.05, 4.69) is 32.9 Å². The number of rotatable bonds is 10. The second-order valence-electron chi connectivity index (χ2n) is 8.04. The third kappa shape index (κ3) is 8.39. The Bertz CT molecular complexity index is 1070. The number of ketones is 1. The van der Waals surface area contributed by atoms with Crippen LogP contribution in [-0.4, -0.2) is 18.9 Å². The molecule has 0 aliphatic carbocycles. The average Bonchev–Trinajstić information content (AvgIpc) is 2.76. The highest BCUT2D eigenvalue weighted by atomic mass is 35.5. The second-order valence-corrected chi connectivity index (χ2v) is 8.48. The van der Waals surface area contributed by atoms with Gasteiger partial charge in [-0.3, -0.25) is 9.59 Å². The average molecular weight is 467 g/mol. The monoisotopic (exact) mass is 466 g/mol. The summed E-state index contributed by atoms with van der Waals surface area (Å²) in [6, 6.07) is 10.5. The van der Waals surface area contributed by atoms with Crippen LogP contribution in [0, 0.1) is 0 Å². The lowest BCUT2D eigenvalue weighted by Crippen LogP contribution is -2.10. The Morgan fingerprint density at radius 3 is 2.27 bits per heavy atom. The van der Waals surface area contributed by atoms with Gasteiger partial charge in [-0.2, -0.15) is 0 Å². The number of carbonyl (C=O) groups is 2. The molecule has 0 saturated heterocycles. The van der Waals surface area contributed by atoms with E-state index in [4.69, 9.17) is 21.1 Å². The van der Waals surface area contributed by atoms with E-state index >= 15 is 0 Å². The molecule has 2 aromatic rings. The molecular weight excluding hydrogens is 436 g/mol. The number of esters is 1. The molecule has 2 aromatic carbocycles. The largest absolute Gasteiger partial charge is 0.496 e. The van der Waals surface area contributed by atoms with Gasteiger partial charge in [0.15, 0.2) is 5.78 Å². The summed E-state index contributed by atoms with van der Waals surface area (Å²) in [5.41, 5.74) is 4.31. The van der Waals surface area contributed by atoms with Crippen LogP contribution in [0.3, 0.4) is 0 Å². The van der Waals surface area contributed by atoms with Gasteiger partial charge in [0.05, 0.1) is 12.7 Å². The lowest BCUT2D eigenvalue weighted by molar-refractivity contribution is -0.131. The van der Waals surface area contributed by atoms with Crippen LogP contribution in [0.15, 0.2) is 65.8 Å². The van der Waals surface area contributed by atoms with Gasteiger partial charge in [-0.05, 0) is 75.9 Å². The molecule has 0 N–H and O–H groups in total. The quantitative estimate of drug-likeness (QED) is 0.120. The van der Waals surface area contributed by atoms with Gasteiger partial charge >= 0.3 is 5.97 Å². The molecule has 0 fully saturated rings. The molecule has 0 heterocycles. The first-order chi connectivity index (χ1) is 15.7. The van der Waals surface area contributed by atoms with Crippen molar-refractivity contribution in [2.75, 3.05) is 7.11 Å². The lowest BCUT2D eigenvalue weighted by Gasteiger charge is -2.15. The molecule has 0 aliphatic rings. The third-order valence-electron chi connectivity index (χ3n) is 4.99. The number of hydrogen-bond acceptors (Lipinski definition) is 4. The molecule has 2 rings (SSSR count). The van der Waals surface area contributed by atoms with Crippen LogP contribution in [0.4, 0.5) is 0 Å². The predicted octanol–water partition coefficient (Wildman–Crippen LogP) is 7.41. The van der Waals surface area contributed by atoms with Gasteiger partial charge < -0.3 is 9.47 Å². The minimum atomic E-state index is -0.496. The molecule has 0 amide bonds. The minimum absolute atomic E-state index is 0.237. The molecule has 0 saturated carbocycles. The first-order valence-corrected chi connectivity index (χ1v) is 11.2. The zero-order valence-corrected chi connectivity index (χ0v) is 20.7. The van der Waals surface area contributed by atoms with Crippen LogP contribution in [0.25, 0.3) is 6.08 Å². The topological polar surface area (TPSA) is 52.6 Å². The summed E-state index contributed by atoms with van der Waals surface area (Å²) in [7, 11) is 1.56. The highest BCUT2D eigenvalue weighted by Gasteiger charge is 2.20. The van der Waals surface area contributed by atoms with E-state index in [1.165, 1.54) is 24.1 Å². The maximum absolute atomic E-state index is 13.0. The maximum Gasteiger partial charge on any atom is 0.308 e. The van der Waals surface area contributed by atoms with Crippen molar-refractivity contribution in [1.82, 2.24) is 0 Å². The van der Waals surface area contributed by atoms with Gasteiger partial charge in [0.1, 0.15) is 11.5 Å². The molecule has 5 heteroatoms. The lowest BCUT2D eigenvalue weighted by atomic mass is 9.99. The van der Waals surface area contributed by atoms with Gasteiger partial charge in [0, 0.05) is 17.5 Å².